The van der Waals surface area contributed by atoms with Gasteiger partial charge in [-0.1, -0.05) is 76.2 Å². The van der Waals surface area contributed by atoms with E-state index in [9.17, 15) is 4.79 Å². The van der Waals surface area contributed by atoms with Crippen molar-refractivity contribution in [1.82, 2.24) is 10.3 Å². The van der Waals surface area contributed by atoms with Gasteiger partial charge in [0.2, 0.25) is 6.41 Å². The maximum atomic E-state index is 10.8. The Bertz CT molecular complexity index is 1010. The molecule has 0 spiro atoms. The van der Waals surface area contributed by atoms with Crippen molar-refractivity contribution in [1.29, 1.82) is 5.41 Å². The molecule has 0 saturated heterocycles. The van der Waals surface area contributed by atoms with Gasteiger partial charge in [-0.25, -0.2) is 4.98 Å². The number of aromatic nitrogens is 1. The summed E-state index contributed by atoms with van der Waals surface area (Å²) in [7, 11) is 0. The van der Waals surface area contributed by atoms with Crippen LogP contribution in [0.5, 0.6) is 0 Å². The Morgan fingerprint density at radius 3 is 2.36 bits per heavy atom. The SMILES string of the molecule is CC(C)C(C)(C)c1c(-c2ccccc2)nc2ccccc2c1NC(=N)NC=O. The minimum absolute atomic E-state index is 0.0637. The molecule has 0 saturated carbocycles. The van der Waals surface area contributed by atoms with Gasteiger partial charge in [0, 0.05) is 16.5 Å². The maximum absolute atomic E-state index is 10.8. The third-order valence-electron chi connectivity index (χ3n) is 5.48. The molecule has 144 valence electrons. The van der Waals surface area contributed by atoms with E-state index < -0.39 is 0 Å². The first-order chi connectivity index (χ1) is 13.4. The molecule has 0 radical (unpaired) electrons. The van der Waals surface area contributed by atoms with Gasteiger partial charge in [-0.05, 0) is 17.4 Å². The van der Waals surface area contributed by atoms with Crippen LogP contribution in [0.25, 0.3) is 22.2 Å². The van der Waals surface area contributed by atoms with E-state index in [4.69, 9.17) is 10.4 Å². The number of nitrogens with one attached hydrogen (secondary N) is 3. The second-order valence-electron chi connectivity index (χ2n) is 7.73. The minimum Gasteiger partial charge on any atom is -0.325 e. The Kier molecular flexibility index (Phi) is 5.45. The van der Waals surface area contributed by atoms with E-state index in [-0.39, 0.29) is 11.4 Å². The van der Waals surface area contributed by atoms with Gasteiger partial charge in [-0.3, -0.25) is 15.5 Å². The van der Waals surface area contributed by atoms with E-state index in [0.29, 0.717) is 12.3 Å². The second kappa shape index (κ2) is 7.80. The van der Waals surface area contributed by atoms with Gasteiger partial charge < -0.3 is 5.32 Å². The molecule has 5 heteroatoms. The van der Waals surface area contributed by atoms with Gasteiger partial charge in [-0.15, -0.1) is 0 Å². The third-order valence-corrected chi connectivity index (χ3v) is 5.48. The predicted molar refractivity (Wildman–Crippen MR) is 116 cm³/mol. The topological polar surface area (TPSA) is 77.9 Å². The van der Waals surface area contributed by atoms with Crippen molar-refractivity contribution < 1.29 is 4.79 Å². The molecule has 1 heterocycles. The van der Waals surface area contributed by atoms with Crippen LogP contribution < -0.4 is 10.6 Å². The summed E-state index contributed by atoms with van der Waals surface area (Å²) in [5.74, 6) is 0.262. The van der Waals surface area contributed by atoms with E-state index in [1.54, 1.807) is 0 Å². The van der Waals surface area contributed by atoms with Crippen molar-refractivity contribution in [3.63, 3.8) is 0 Å². The van der Waals surface area contributed by atoms with E-state index >= 15 is 0 Å². The number of benzene rings is 2. The fourth-order valence-corrected chi connectivity index (χ4v) is 3.28. The molecule has 0 aliphatic heterocycles. The lowest BCUT2D eigenvalue weighted by Gasteiger charge is -2.34. The molecule has 3 rings (SSSR count). The van der Waals surface area contributed by atoms with E-state index in [0.717, 1.165) is 33.4 Å². The second-order valence-corrected chi connectivity index (χ2v) is 7.73. The van der Waals surface area contributed by atoms with Gasteiger partial charge >= 0.3 is 0 Å². The van der Waals surface area contributed by atoms with Crippen molar-refractivity contribution in [2.24, 2.45) is 5.92 Å². The highest BCUT2D eigenvalue weighted by Crippen LogP contribution is 2.44. The molecule has 28 heavy (non-hydrogen) atoms. The quantitative estimate of drug-likeness (QED) is 0.337. The van der Waals surface area contributed by atoms with Crippen LogP contribution in [0.4, 0.5) is 5.69 Å². The lowest BCUT2D eigenvalue weighted by Crippen LogP contribution is -2.32. The molecular weight excluding hydrogens is 348 g/mol. The molecule has 0 aliphatic rings. The first-order valence-electron chi connectivity index (χ1n) is 9.40. The van der Waals surface area contributed by atoms with Gasteiger partial charge in [0.1, 0.15) is 0 Å². The number of hydrogen-bond donors (Lipinski definition) is 3. The van der Waals surface area contributed by atoms with Crippen LogP contribution in [0.3, 0.4) is 0 Å². The van der Waals surface area contributed by atoms with E-state index in [1.807, 2.05) is 42.5 Å². The highest BCUT2D eigenvalue weighted by Gasteiger charge is 2.33. The number of anilines is 1. The highest BCUT2D eigenvalue weighted by molar-refractivity contribution is 6.06. The van der Waals surface area contributed by atoms with Gasteiger partial charge in [0.15, 0.2) is 5.96 Å². The van der Waals surface area contributed by atoms with Gasteiger partial charge in [-0.2, -0.15) is 0 Å². The average Bonchev–Trinajstić information content (AvgIpc) is 2.68. The van der Waals surface area contributed by atoms with Crippen LogP contribution in [0, 0.1) is 11.3 Å². The molecule has 0 aliphatic carbocycles. The van der Waals surface area contributed by atoms with E-state index in [1.165, 1.54) is 0 Å². The molecule has 1 aromatic heterocycles. The summed E-state index contributed by atoms with van der Waals surface area (Å²) in [5, 5.41) is 14.6. The summed E-state index contributed by atoms with van der Waals surface area (Å²) < 4.78 is 0. The molecule has 3 aromatic rings. The molecule has 2 aromatic carbocycles. The number of para-hydroxylation sites is 1. The number of amides is 1. The molecule has 0 fully saturated rings. The van der Waals surface area contributed by atoms with Crippen molar-refractivity contribution in [2.45, 2.75) is 33.1 Å². The molecule has 0 bridgehead atoms. The summed E-state index contributed by atoms with van der Waals surface area (Å²) in [5.41, 5.74) is 4.36. The largest absolute Gasteiger partial charge is 0.325 e. The maximum Gasteiger partial charge on any atom is 0.213 e. The zero-order chi connectivity index (χ0) is 20.3. The molecule has 1 amide bonds. The monoisotopic (exact) mass is 374 g/mol. The highest BCUT2D eigenvalue weighted by atomic mass is 16.1. The first-order valence-corrected chi connectivity index (χ1v) is 9.40. The van der Waals surface area contributed by atoms with Gasteiger partial charge in [0.25, 0.3) is 0 Å². The van der Waals surface area contributed by atoms with Crippen LogP contribution in [0.15, 0.2) is 54.6 Å². The third kappa shape index (κ3) is 3.60. The fourth-order valence-electron chi connectivity index (χ4n) is 3.28. The summed E-state index contributed by atoms with van der Waals surface area (Å²) in [6.45, 7) is 8.75. The summed E-state index contributed by atoms with van der Waals surface area (Å²) >= 11 is 0. The van der Waals surface area contributed by atoms with Crippen LogP contribution in [-0.2, 0) is 10.2 Å². The Morgan fingerprint density at radius 1 is 1.07 bits per heavy atom. The molecule has 5 nitrogen and oxygen atoms in total. The summed E-state index contributed by atoms with van der Waals surface area (Å²) in [4.78, 5) is 15.9. The zero-order valence-corrected chi connectivity index (χ0v) is 16.7. The van der Waals surface area contributed by atoms with Crippen molar-refractivity contribution in [3.8, 4) is 11.3 Å². The lowest BCUT2D eigenvalue weighted by molar-refractivity contribution is -0.108. The standard InChI is InChI=1S/C23H26N4O/c1-15(2)23(3,4)19-20(16-10-6-5-7-11-16)26-18-13-9-8-12-17(18)21(19)27-22(24)25-14-28/h5-15H,1-4H3,(H3,24,25,26,27,28). The van der Waals surface area contributed by atoms with Crippen LogP contribution in [0.1, 0.15) is 33.3 Å². The van der Waals surface area contributed by atoms with E-state index in [2.05, 4.69) is 50.5 Å². The number of carbonyl (C=O) groups is 1. The number of hydrogen-bond acceptors (Lipinski definition) is 3. The number of rotatable bonds is 5. The number of carbonyl (C=O) groups excluding carboxylic acids is 1. The van der Waals surface area contributed by atoms with Crippen molar-refractivity contribution in [2.75, 3.05) is 5.32 Å². The van der Waals surface area contributed by atoms with Crippen LogP contribution >= 0.6 is 0 Å². The smallest absolute Gasteiger partial charge is 0.213 e. The molecule has 0 unspecified atom stereocenters. The van der Waals surface area contributed by atoms with Crippen LogP contribution in [-0.4, -0.2) is 17.4 Å². The summed E-state index contributed by atoms with van der Waals surface area (Å²) in [6, 6.07) is 18.0. The van der Waals surface area contributed by atoms with Gasteiger partial charge in [0.05, 0.1) is 16.9 Å². The number of fused-ring (bicyclic) bond motifs is 1. The fraction of sp³-hybridized carbons (Fsp3) is 0.261. The average molecular weight is 374 g/mol. The number of pyridine rings is 1. The molecule has 3 N–H and O–H groups in total. The Labute approximate surface area is 165 Å². The lowest BCUT2D eigenvalue weighted by atomic mass is 9.72. The molecule has 0 atom stereocenters. The zero-order valence-electron chi connectivity index (χ0n) is 16.7. The first kappa shape index (κ1) is 19.5. The normalized spacial score (nSPS) is 11.5. The van der Waals surface area contributed by atoms with Crippen molar-refractivity contribution in [3.05, 3.63) is 60.2 Å². The Balaban J connectivity index is 2.41. The Hall–Kier alpha value is -3.21. The van der Waals surface area contributed by atoms with Crippen LogP contribution in [0.2, 0.25) is 0 Å². The minimum atomic E-state index is -0.230. The summed E-state index contributed by atoms with van der Waals surface area (Å²) in [6.07, 6.45) is 0.504. The number of guanidine groups is 1. The number of nitrogens with zero attached hydrogens (tertiary/aromatic N) is 1. The van der Waals surface area contributed by atoms with Crippen molar-refractivity contribution >= 4 is 29.0 Å². The predicted octanol–water partition coefficient (Wildman–Crippen LogP) is 4.93. The Morgan fingerprint density at radius 2 is 1.71 bits per heavy atom. The molecular formula is C23H26N4O.